The summed E-state index contributed by atoms with van der Waals surface area (Å²) in [4.78, 5) is 0. The van der Waals surface area contributed by atoms with Crippen molar-refractivity contribution >= 4 is 31.9 Å². The van der Waals surface area contributed by atoms with Gasteiger partial charge in [0.25, 0.3) is 0 Å². The zero-order valence-corrected chi connectivity index (χ0v) is 19.7. The van der Waals surface area contributed by atoms with E-state index in [1.54, 1.807) is 12.1 Å². The van der Waals surface area contributed by atoms with Crippen LogP contribution in [0.5, 0.6) is 11.5 Å². The van der Waals surface area contributed by atoms with Gasteiger partial charge in [-0.25, -0.2) is 0 Å². The van der Waals surface area contributed by atoms with Gasteiger partial charge in [0.2, 0.25) is 0 Å². The van der Waals surface area contributed by atoms with Gasteiger partial charge in [0, 0.05) is 0 Å². The Morgan fingerprint density at radius 3 is 1.48 bits per heavy atom. The van der Waals surface area contributed by atoms with Crippen molar-refractivity contribution in [2.75, 3.05) is 0 Å². The summed E-state index contributed by atoms with van der Waals surface area (Å²) in [6.45, 7) is 4.40. The van der Waals surface area contributed by atoms with Crippen LogP contribution in [0.3, 0.4) is 0 Å². The first-order chi connectivity index (χ1) is 13.0. The molecule has 2 nitrogen and oxygen atoms in total. The third-order valence-corrected chi connectivity index (χ3v) is 6.30. The summed E-state index contributed by atoms with van der Waals surface area (Å²) in [6, 6.07) is 11.3. The lowest BCUT2D eigenvalue weighted by molar-refractivity contribution is 0.470. The summed E-state index contributed by atoms with van der Waals surface area (Å²) >= 11 is 6.78. The third-order valence-electron chi connectivity index (χ3n) is 4.47. The molecule has 4 heteroatoms. The van der Waals surface area contributed by atoms with E-state index < -0.39 is 0 Å². The summed E-state index contributed by atoms with van der Waals surface area (Å²) in [7, 11) is 0. The standard InChI is InChI=1S/C12H17BrO.C11H15BrO/c1-2-3-4-5-7-10-8-6-9-11(14)12(10)13;1-2-3-4-6-9-7-5-8-10(13)11(9)12/h6,8-9,14H,2-5,7H2,1H3;5,7-8,13H,2-4,6H2,1H3. The summed E-state index contributed by atoms with van der Waals surface area (Å²) in [5, 5.41) is 18.9. The molecule has 0 heterocycles. The molecule has 0 saturated carbocycles. The number of phenolic OH excluding ortho intramolecular Hbond substituents is 2. The Morgan fingerprint density at radius 2 is 1.04 bits per heavy atom. The Hall–Kier alpha value is -1.00. The number of aryl methyl sites for hydroxylation is 2. The molecule has 0 fully saturated rings. The zero-order valence-electron chi connectivity index (χ0n) is 16.5. The predicted molar refractivity (Wildman–Crippen MR) is 123 cm³/mol. The van der Waals surface area contributed by atoms with Crippen LogP contribution in [-0.4, -0.2) is 10.2 Å². The van der Waals surface area contributed by atoms with Gasteiger partial charge in [0.15, 0.2) is 0 Å². The van der Waals surface area contributed by atoms with Crippen molar-refractivity contribution in [3.63, 3.8) is 0 Å². The molecule has 0 amide bonds. The van der Waals surface area contributed by atoms with E-state index in [-0.39, 0.29) is 0 Å². The molecule has 0 aliphatic carbocycles. The van der Waals surface area contributed by atoms with Gasteiger partial charge in [0.1, 0.15) is 11.5 Å². The van der Waals surface area contributed by atoms with Gasteiger partial charge < -0.3 is 10.2 Å². The summed E-state index contributed by atoms with van der Waals surface area (Å²) in [5.41, 5.74) is 2.41. The maximum Gasteiger partial charge on any atom is 0.130 e. The van der Waals surface area contributed by atoms with Crippen LogP contribution in [0.25, 0.3) is 0 Å². The van der Waals surface area contributed by atoms with E-state index in [1.807, 2.05) is 12.1 Å². The molecular formula is C23H32Br2O2. The van der Waals surface area contributed by atoms with E-state index >= 15 is 0 Å². The zero-order chi connectivity index (χ0) is 20.1. The van der Waals surface area contributed by atoms with Crippen molar-refractivity contribution < 1.29 is 10.2 Å². The lowest BCUT2D eigenvalue weighted by Crippen LogP contribution is -1.87. The Bertz CT molecular complexity index is 671. The second-order valence-corrected chi connectivity index (χ2v) is 8.35. The van der Waals surface area contributed by atoms with Crippen LogP contribution in [0.15, 0.2) is 45.3 Å². The van der Waals surface area contributed by atoms with E-state index in [0.29, 0.717) is 11.5 Å². The molecule has 0 aliphatic heterocycles. The van der Waals surface area contributed by atoms with Gasteiger partial charge in [-0.15, -0.1) is 0 Å². The molecule has 0 spiro atoms. The minimum atomic E-state index is 0.342. The smallest absolute Gasteiger partial charge is 0.130 e. The molecule has 0 bridgehead atoms. The van der Waals surface area contributed by atoms with E-state index in [0.717, 1.165) is 21.8 Å². The van der Waals surface area contributed by atoms with Gasteiger partial charge in [0.05, 0.1) is 8.95 Å². The molecule has 27 heavy (non-hydrogen) atoms. The molecular weight excluding hydrogens is 468 g/mol. The first-order valence-corrected chi connectivity index (χ1v) is 11.5. The van der Waals surface area contributed by atoms with Gasteiger partial charge in [-0.1, -0.05) is 70.2 Å². The fourth-order valence-corrected chi connectivity index (χ4v) is 3.75. The molecule has 0 aliphatic rings. The maximum atomic E-state index is 9.46. The van der Waals surface area contributed by atoms with Gasteiger partial charge in [-0.05, 0) is 80.8 Å². The second-order valence-electron chi connectivity index (χ2n) is 6.77. The monoisotopic (exact) mass is 498 g/mol. The van der Waals surface area contributed by atoms with Gasteiger partial charge in [-0.3, -0.25) is 0 Å². The number of hydrogen-bond donors (Lipinski definition) is 2. The summed E-state index contributed by atoms with van der Waals surface area (Å²) in [5.74, 6) is 0.687. The van der Waals surface area contributed by atoms with Crippen LogP contribution in [0.2, 0.25) is 0 Å². The lowest BCUT2D eigenvalue weighted by atomic mass is 10.1. The molecule has 2 aromatic carbocycles. The lowest BCUT2D eigenvalue weighted by Gasteiger charge is -2.05. The van der Waals surface area contributed by atoms with Crippen molar-refractivity contribution in [1.82, 2.24) is 0 Å². The molecule has 2 aromatic rings. The number of rotatable bonds is 9. The highest BCUT2D eigenvalue weighted by atomic mass is 79.9. The number of halogens is 2. The van der Waals surface area contributed by atoms with Crippen molar-refractivity contribution in [2.45, 2.75) is 71.6 Å². The molecule has 0 atom stereocenters. The quantitative estimate of drug-likeness (QED) is 0.341. The topological polar surface area (TPSA) is 40.5 Å². The Balaban J connectivity index is 0.000000271. The number of aromatic hydroxyl groups is 2. The van der Waals surface area contributed by atoms with E-state index in [4.69, 9.17) is 0 Å². The first kappa shape index (κ1) is 24.0. The van der Waals surface area contributed by atoms with Crippen LogP contribution < -0.4 is 0 Å². The van der Waals surface area contributed by atoms with Gasteiger partial charge >= 0.3 is 0 Å². The molecule has 0 aromatic heterocycles. The highest BCUT2D eigenvalue weighted by Gasteiger charge is 2.04. The summed E-state index contributed by atoms with van der Waals surface area (Å²) < 4.78 is 1.71. The average molecular weight is 500 g/mol. The number of unbranched alkanes of at least 4 members (excludes halogenated alkanes) is 5. The van der Waals surface area contributed by atoms with E-state index in [1.165, 1.54) is 56.1 Å². The van der Waals surface area contributed by atoms with Crippen LogP contribution in [-0.2, 0) is 12.8 Å². The number of hydrogen-bond acceptors (Lipinski definition) is 2. The number of phenols is 2. The fourth-order valence-electron chi connectivity index (χ4n) is 2.83. The molecule has 0 radical (unpaired) electrons. The van der Waals surface area contributed by atoms with E-state index in [2.05, 4.69) is 57.8 Å². The van der Waals surface area contributed by atoms with Crippen LogP contribution >= 0.6 is 31.9 Å². The van der Waals surface area contributed by atoms with Crippen molar-refractivity contribution in [3.8, 4) is 11.5 Å². The molecule has 2 N–H and O–H groups in total. The van der Waals surface area contributed by atoms with Gasteiger partial charge in [-0.2, -0.15) is 0 Å². The molecule has 150 valence electrons. The number of benzene rings is 2. The molecule has 0 saturated heterocycles. The maximum absolute atomic E-state index is 9.46. The minimum absolute atomic E-state index is 0.342. The third kappa shape index (κ3) is 9.16. The summed E-state index contributed by atoms with van der Waals surface area (Å²) in [6.07, 6.45) is 10.8. The first-order valence-electron chi connectivity index (χ1n) is 9.93. The fraction of sp³-hybridized carbons (Fsp3) is 0.478. The highest BCUT2D eigenvalue weighted by Crippen LogP contribution is 2.29. The highest BCUT2D eigenvalue weighted by molar-refractivity contribution is 9.11. The van der Waals surface area contributed by atoms with Crippen molar-refractivity contribution in [3.05, 3.63) is 56.5 Å². The van der Waals surface area contributed by atoms with Crippen LogP contribution in [0.4, 0.5) is 0 Å². The second kappa shape index (κ2) is 14.1. The average Bonchev–Trinajstić information content (AvgIpc) is 2.66. The molecule has 0 unspecified atom stereocenters. The van der Waals surface area contributed by atoms with Crippen LogP contribution in [0.1, 0.15) is 69.9 Å². The minimum Gasteiger partial charge on any atom is -0.507 e. The predicted octanol–water partition coefficient (Wildman–Crippen LogP) is 8.16. The van der Waals surface area contributed by atoms with Crippen molar-refractivity contribution in [2.24, 2.45) is 0 Å². The SMILES string of the molecule is CCCCCCc1cccc(O)c1Br.CCCCCc1cccc(O)c1Br. The Labute approximate surface area is 181 Å². The normalized spacial score (nSPS) is 10.4. The van der Waals surface area contributed by atoms with Crippen LogP contribution in [0, 0.1) is 0 Å². The Morgan fingerprint density at radius 1 is 0.630 bits per heavy atom. The van der Waals surface area contributed by atoms with Crippen molar-refractivity contribution in [1.29, 1.82) is 0 Å². The Kier molecular flexibility index (Phi) is 12.5. The molecule has 2 rings (SSSR count). The van der Waals surface area contributed by atoms with E-state index in [9.17, 15) is 10.2 Å². The largest absolute Gasteiger partial charge is 0.507 e.